The second-order valence-corrected chi connectivity index (χ2v) is 12.5. The number of unbranched alkanes of at least 4 members (excludes halogenated alkanes) is 2. The lowest BCUT2D eigenvalue weighted by Crippen LogP contribution is -2.42. The molecule has 8 nitrogen and oxygen atoms in total. The fraction of sp³-hybridized carbons (Fsp3) is 0.535. The second-order valence-electron chi connectivity index (χ2n) is 12.5. The van der Waals surface area contributed by atoms with E-state index >= 15 is 0 Å². The SMILES string of the molecule is CC.CCCCO/C=C/C=C(\C=C(C)C)C1CC(C)N(CC(=O)N(CCCC)c2ccccc2)C1.CCCc1ccccc1OC.CNC(=O)O. The number of rotatable bonds is 16. The minimum absolute atomic E-state index is 0.194. The van der Waals surface area contributed by atoms with Gasteiger partial charge in [-0.2, -0.15) is 0 Å². The van der Waals surface area contributed by atoms with E-state index in [9.17, 15) is 9.59 Å². The summed E-state index contributed by atoms with van der Waals surface area (Å²) < 4.78 is 10.8. The number of hydrogen-bond acceptors (Lipinski definition) is 5. The van der Waals surface area contributed by atoms with Crippen molar-refractivity contribution in [2.24, 2.45) is 5.92 Å². The number of allylic oxidation sites excluding steroid dienone is 4. The number of aryl methyl sites for hydroxylation is 1. The molecule has 3 rings (SSSR count). The van der Waals surface area contributed by atoms with Crippen molar-refractivity contribution in [1.29, 1.82) is 0 Å². The number of methoxy groups -OCH3 is 1. The molecule has 2 N–H and O–H groups in total. The summed E-state index contributed by atoms with van der Waals surface area (Å²) in [5, 5.41) is 9.56. The first-order valence-electron chi connectivity index (χ1n) is 18.9. The van der Waals surface area contributed by atoms with Gasteiger partial charge in [-0.3, -0.25) is 9.69 Å². The van der Waals surface area contributed by atoms with E-state index in [-0.39, 0.29) is 5.91 Å². The van der Waals surface area contributed by atoms with Crippen LogP contribution in [0.2, 0.25) is 0 Å². The van der Waals surface area contributed by atoms with E-state index in [0.29, 0.717) is 18.5 Å². The highest BCUT2D eigenvalue weighted by molar-refractivity contribution is 5.94. The van der Waals surface area contributed by atoms with E-state index in [1.807, 2.05) is 78.7 Å². The third-order valence-corrected chi connectivity index (χ3v) is 8.08. The van der Waals surface area contributed by atoms with Gasteiger partial charge in [0, 0.05) is 31.9 Å². The van der Waals surface area contributed by atoms with Crippen LogP contribution in [0.15, 0.2) is 90.2 Å². The Morgan fingerprint density at radius 2 is 1.61 bits per heavy atom. The summed E-state index contributed by atoms with van der Waals surface area (Å²) in [7, 11) is 3.07. The smallest absolute Gasteiger partial charge is 0.404 e. The number of anilines is 1. The van der Waals surface area contributed by atoms with Crippen molar-refractivity contribution >= 4 is 17.7 Å². The van der Waals surface area contributed by atoms with E-state index in [0.717, 1.165) is 69.7 Å². The quantitative estimate of drug-likeness (QED) is 0.103. The number of likely N-dealkylation sites (tertiary alicyclic amines) is 1. The van der Waals surface area contributed by atoms with Gasteiger partial charge in [-0.25, -0.2) is 4.79 Å². The first-order valence-corrected chi connectivity index (χ1v) is 18.9. The molecule has 1 aliphatic heterocycles. The zero-order chi connectivity index (χ0) is 38.4. The van der Waals surface area contributed by atoms with Crippen LogP contribution >= 0.6 is 0 Å². The van der Waals surface area contributed by atoms with Crippen LogP contribution in [0.1, 0.15) is 99.5 Å². The number of nitrogens with zero attached hydrogens (tertiary/aromatic N) is 2. The molecule has 1 heterocycles. The van der Waals surface area contributed by atoms with Crippen molar-refractivity contribution in [2.75, 3.05) is 45.3 Å². The highest BCUT2D eigenvalue weighted by atomic mass is 16.5. The van der Waals surface area contributed by atoms with Crippen molar-refractivity contribution in [3.63, 3.8) is 0 Å². The van der Waals surface area contributed by atoms with Gasteiger partial charge in [-0.05, 0) is 87.8 Å². The Hall–Kier alpha value is -4.04. The summed E-state index contributed by atoms with van der Waals surface area (Å²) in [6.45, 7) is 19.9. The zero-order valence-electron chi connectivity index (χ0n) is 33.4. The Morgan fingerprint density at radius 1 is 0.980 bits per heavy atom. The van der Waals surface area contributed by atoms with E-state index < -0.39 is 6.09 Å². The monoisotopic (exact) mass is 708 g/mol. The van der Waals surface area contributed by atoms with Gasteiger partial charge in [-0.1, -0.05) is 108 Å². The number of hydrogen-bond donors (Lipinski definition) is 2. The maximum atomic E-state index is 13.3. The van der Waals surface area contributed by atoms with Crippen LogP contribution in [0.4, 0.5) is 10.5 Å². The normalized spacial score (nSPS) is 15.2. The van der Waals surface area contributed by atoms with Gasteiger partial charge in [0.25, 0.3) is 0 Å². The van der Waals surface area contributed by atoms with E-state index in [1.54, 1.807) is 13.4 Å². The summed E-state index contributed by atoms with van der Waals surface area (Å²) in [6.07, 6.45) is 14.9. The van der Waals surface area contributed by atoms with Crippen molar-refractivity contribution in [3.8, 4) is 5.75 Å². The molecule has 2 amide bonds. The molecule has 0 aromatic heterocycles. The molecule has 1 aliphatic rings. The Bertz CT molecular complexity index is 1290. The molecule has 8 heteroatoms. The van der Waals surface area contributed by atoms with Gasteiger partial charge in [0.2, 0.25) is 5.91 Å². The average Bonchev–Trinajstić information content (AvgIpc) is 3.50. The summed E-state index contributed by atoms with van der Waals surface area (Å²) >= 11 is 0. The highest BCUT2D eigenvalue weighted by Crippen LogP contribution is 2.30. The summed E-state index contributed by atoms with van der Waals surface area (Å²) in [4.78, 5) is 26.9. The molecule has 0 spiro atoms. The summed E-state index contributed by atoms with van der Waals surface area (Å²) in [6, 6.07) is 18.6. The number of nitrogens with one attached hydrogen (secondary N) is 1. The minimum atomic E-state index is -0.995. The Labute approximate surface area is 310 Å². The summed E-state index contributed by atoms with van der Waals surface area (Å²) in [5.41, 5.74) is 4.91. The lowest BCUT2D eigenvalue weighted by Gasteiger charge is -2.27. The molecule has 2 unspecified atom stereocenters. The molecule has 2 aromatic rings. The maximum Gasteiger partial charge on any atom is 0.404 e. The summed E-state index contributed by atoms with van der Waals surface area (Å²) in [5.74, 6) is 1.62. The first kappa shape index (κ1) is 47.0. The average molecular weight is 708 g/mol. The third kappa shape index (κ3) is 20.4. The molecule has 0 radical (unpaired) electrons. The molecule has 0 bridgehead atoms. The molecule has 1 saturated heterocycles. The van der Waals surface area contributed by atoms with Gasteiger partial charge in [0.1, 0.15) is 5.75 Å². The molecule has 1 fully saturated rings. The van der Waals surface area contributed by atoms with E-state index in [4.69, 9.17) is 14.6 Å². The lowest BCUT2D eigenvalue weighted by molar-refractivity contribution is -0.119. The van der Waals surface area contributed by atoms with Crippen molar-refractivity contribution in [3.05, 3.63) is 95.8 Å². The van der Waals surface area contributed by atoms with E-state index in [1.165, 1.54) is 30.2 Å². The molecule has 286 valence electrons. The molecular formula is C43H69N3O5. The number of carboxylic acid groups (broad SMARTS) is 1. The number of ether oxygens (including phenoxy) is 2. The zero-order valence-corrected chi connectivity index (χ0v) is 33.4. The van der Waals surface area contributed by atoms with Crippen LogP contribution in [0, 0.1) is 5.92 Å². The Kier molecular flexibility index (Phi) is 27.3. The predicted octanol–water partition coefficient (Wildman–Crippen LogP) is 10.3. The fourth-order valence-corrected chi connectivity index (χ4v) is 5.46. The fourth-order valence-electron chi connectivity index (χ4n) is 5.46. The highest BCUT2D eigenvalue weighted by Gasteiger charge is 2.32. The molecule has 2 aromatic carbocycles. The van der Waals surface area contributed by atoms with Crippen LogP contribution in [0.5, 0.6) is 5.75 Å². The molecule has 51 heavy (non-hydrogen) atoms. The van der Waals surface area contributed by atoms with Gasteiger partial charge < -0.3 is 24.8 Å². The largest absolute Gasteiger partial charge is 0.501 e. The standard InChI is InChI=1S/C29H44N2O2.C10H14O.C2H5NO2.C2H6/c1-6-8-17-31(28-15-11-10-12-16-28)29(32)23-30-22-27(21-25(30)5)26(20-24(3)4)14-13-19-33-18-9-7-2;1-3-6-9-7-4-5-8-10(9)11-2;1-3-2(4)5;1-2/h10-16,19-20,25,27H,6-9,17-18,21-23H2,1-5H3;4-5,7-8H,3,6H2,1-2H3;3H,1H3,(H,4,5);1-2H3/b19-13+,26-14+;;;. The van der Waals surface area contributed by atoms with Crippen molar-refractivity contribution in [2.45, 2.75) is 106 Å². The molecule has 2 atom stereocenters. The number of para-hydroxylation sites is 2. The van der Waals surface area contributed by atoms with Crippen molar-refractivity contribution < 1.29 is 24.2 Å². The molecule has 0 aliphatic carbocycles. The van der Waals surface area contributed by atoms with Gasteiger partial charge >= 0.3 is 6.09 Å². The van der Waals surface area contributed by atoms with Crippen molar-refractivity contribution in [1.82, 2.24) is 10.2 Å². The second kappa shape index (κ2) is 29.7. The van der Waals surface area contributed by atoms with Gasteiger partial charge in [0.05, 0.1) is 26.5 Å². The Morgan fingerprint density at radius 3 is 2.18 bits per heavy atom. The third-order valence-electron chi connectivity index (χ3n) is 8.08. The lowest BCUT2D eigenvalue weighted by atomic mass is 9.94. The molecule has 0 saturated carbocycles. The molecular weight excluding hydrogens is 638 g/mol. The van der Waals surface area contributed by atoms with Crippen LogP contribution in [-0.4, -0.2) is 68.4 Å². The van der Waals surface area contributed by atoms with Crippen LogP contribution in [-0.2, 0) is 16.0 Å². The predicted molar refractivity (Wildman–Crippen MR) is 216 cm³/mol. The maximum absolute atomic E-state index is 13.3. The van der Waals surface area contributed by atoms with Gasteiger partial charge in [-0.15, -0.1) is 0 Å². The minimum Gasteiger partial charge on any atom is -0.501 e. The topological polar surface area (TPSA) is 91.3 Å². The van der Waals surface area contributed by atoms with Crippen LogP contribution in [0.3, 0.4) is 0 Å². The number of amides is 2. The van der Waals surface area contributed by atoms with E-state index in [2.05, 4.69) is 64.7 Å². The number of carbonyl (C=O) groups is 2. The first-order chi connectivity index (χ1) is 24.6. The van der Waals surface area contributed by atoms with Gasteiger partial charge in [0.15, 0.2) is 0 Å². The van der Waals surface area contributed by atoms with Crippen LogP contribution in [0.25, 0.3) is 0 Å². The van der Waals surface area contributed by atoms with Crippen LogP contribution < -0.4 is 15.0 Å². The number of carbonyl (C=O) groups excluding carboxylic acids is 1. The number of benzene rings is 2. The Balaban J connectivity index is 0.00000114.